The lowest BCUT2D eigenvalue weighted by Gasteiger charge is -2.59. The third-order valence-corrected chi connectivity index (χ3v) is 12.8. The van der Waals surface area contributed by atoms with Crippen LogP contribution in [-0.2, 0) is 21.0 Å². The zero-order valence-electron chi connectivity index (χ0n) is 37.3. The fourth-order valence-corrected chi connectivity index (χ4v) is 9.70. The first-order valence-electron chi connectivity index (χ1n) is 22.4. The normalized spacial score (nSPS) is 22.3. The van der Waals surface area contributed by atoms with E-state index in [2.05, 4.69) is 12.7 Å². The van der Waals surface area contributed by atoms with Crippen LogP contribution in [0.2, 0.25) is 0 Å². The van der Waals surface area contributed by atoms with Crippen molar-refractivity contribution in [1.82, 2.24) is 4.90 Å². The number of hydrogen-bond acceptors (Lipinski definition) is 12. The van der Waals surface area contributed by atoms with Gasteiger partial charge in [-0.2, -0.15) is 0 Å². The van der Waals surface area contributed by atoms with Crippen molar-refractivity contribution in [2.75, 3.05) is 34.0 Å². The topological polar surface area (TPSA) is 179 Å². The number of hydrogen-bond donors (Lipinski definition) is 2. The molecule has 0 saturated heterocycles. The van der Waals surface area contributed by atoms with Crippen LogP contribution in [0, 0.1) is 27.9 Å². The molecule has 6 atom stereocenters. The lowest BCUT2D eigenvalue weighted by molar-refractivity contribution is -0.384. The number of methoxy groups -OCH3 is 1. The largest absolute Gasteiger partial charge is 0.496 e. The van der Waals surface area contributed by atoms with E-state index in [0.29, 0.717) is 59.0 Å². The van der Waals surface area contributed by atoms with Crippen LogP contribution in [-0.4, -0.2) is 83.7 Å². The number of unbranched alkanes of at least 4 members (excludes halogenated alkanes) is 2. The summed E-state index contributed by atoms with van der Waals surface area (Å²) in [5.41, 5.74) is 4.21. The first kappa shape index (κ1) is 47.4. The highest BCUT2D eigenvalue weighted by Crippen LogP contribution is 2.62. The minimum Gasteiger partial charge on any atom is -0.496 e. The quantitative estimate of drug-likeness (QED) is 0.0192. The Kier molecular flexibility index (Phi) is 15.8. The van der Waals surface area contributed by atoms with Gasteiger partial charge in [-0.15, -0.1) is 6.58 Å². The van der Waals surface area contributed by atoms with Crippen molar-refractivity contribution in [3.05, 3.63) is 154 Å². The molecule has 1 saturated carbocycles. The molecule has 4 aromatic rings. The maximum absolute atomic E-state index is 14.4. The number of amides is 1. The van der Waals surface area contributed by atoms with E-state index >= 15 is 0 Å². The van der Waals surface area contributed by atoms with Crippen LogP contribution >= 0.6 is 0 Å². The lowest BCUT2D eigenvalue weighted by atomic mass is 9.55. The first-order chi connectivity index (χ1) is 32.1. The van der Waals surface area contributed by atoms with Crippen molar-refractivity contribution in [1.29, 1.82) is 0 Å². The average molecular weight is 900 g/mol. The number of carbonyl (C=O) groups is 2. The number of benzene rings is 4. The van der Waals surface area contributed by atoms with Crippen molar-refractivity contribution >= 4 is 29.7 Å². The Morgan fingerprint density at radius 3 is 2.41 bits per heavy atom. The van der Waals surface area contributed by atoms with Gasteiger partial charge in [0.15, 0.2) is 6.29 Å². The van der Waals surface area contributed by atoms with Crippen LogP contribution in [0.4, 0.5) is 5.69 Å². The number of likely N-dealkylation sites (N-methyl/N-ethyl adjacent to an activating group) is 1. The molecule has 14 heteroatoms. The number of nitro groups is 1. The third kappa shape index (κ3) is 10.4. The van der Waals surface area contributed by atoms with Gasteiger partial charge in [-0.1, -0.05) is 60.5 Å². The van der Waals surface area contributed by atoms with Crippen LogP contribution in [0.3, 0.4) is 0 Å². The van der Waals surface area contributed by atoms with E-state index in [0.717, 1.165) is 42.4 Å². The first-order valence-corrected chi connectivity index (χ1v) is 22.4. The van der Waals surface area contributed by atoms with E-state index in [1.165, 1.54) is 25.3 Å². The van der Waals surface area contributed by atoms with Crippen LogP contribution in [0.25, 0.3) is 6.08 Å². The third-order valence-electron chi connectivity index (χ3n) is 12.8. The van der Waals surface area contributed by atoms with Gasteiger partial charge in [-0.25, -0.2) is 0 Å². The highest BCUT2D eigenvalue weighted by molar-refractivity contribution is 6.03. The predicted octanol–water partition coefficient (Wildman–Crippen LogP) is 9.21. The molecule has 0 aromatic heterocycles. The number of aliphatic hydroxyl groups is 2. The average Bonchev–Trinajstić information content (AvgIpc) is 3.34. The highest BCUT2D eigenvalue weighted by Gasteiger charge is 2.65. The number of carbonyl (C=O) groups excluding carboxylic acids is 2. The number of oxime groups is 1. The summed E-state index contributed by atoms with van der Waals surface area (Å²) < 4.78 is 26.1. The highest BCUT2D eigenvalue weighted by atomic mass is 16.7. The van der Waals surface area contributed by atoms with Crippen LogP contribution in [0.1, 0.15) is 77.9 Å². The second-order valence-electron chi connectivity index (χ2n) is 16.8. The van der Waals surface area contributed by atoms with Gasteiger partial charge >= 0.3 is 0 Å². The van der Waals surface area contributed by atoms with Crippen molar-refractivity contribution in [2.45, 2.75) is 69.3 Å². The Hall–Kier alpha value is -6.61. The number of allylic oxidation sites excluding steroid dienone is 1. The monoisotopic (exact) mass is 899 g/mol. The molecule has 3 aliphatic rings. The van der Waals surface area contributed by atoms with E-state index in [-0.39, 0.29) is 62.2 Å². The molecule has 1 heterocycles. The van der Waals surface area contributed by atoms with Gasteiger partial charge in [0.25, 0.3) is 5.69 Å². The summed E-state index contributed by atoms with van der Waals surface area (Å²) in [5.74, 6) is -0.792. The summed E-state index contributed by atoms with van der Waals surface area (Å²) in [5, 5.41) is 36.1. The van der Waals surface area contributed by atoms with E-state index in [4.69, 9.17) is 28.9 Å². The number of ether oxygens (including phenoxy) is 4. The van der Waals surface area contributed by atoms with Crippen molar-refractivity contribution in [3.63, 3.8) is 0 Å². The van der Waals surface area contributed by atoms with Gasteiger partial charge in [-0.05, 0) is 109 Å². The number of nitrogens with zero attached hydrogens (tertiary/aromatic N) is 3. The molecule has 6 unspecified atom stereocenters. The Bertz CT molecular complexity index is 2440. The van der Waals surface area contributed by atoms with Gasteiger partial charge < -0.3 is 38.9 Å². The van der Waals surface area contributed by atoms with Gasteiger partial charge in [0.1, 0.15) is 35.6 Å². The number of non-ortho nitro benzene ring substituents is 1. The number of aldehydes is 1. The Morgan fingerprint density at radius 1 is 0.985 bits per heavy atom. The molecule has 1 fully saturated rings. The Balaban J connectivity index is 1.39. The predicted molar refractivity (Wildman–Crippen MR) is 250 cm³/mol. The molecule has 0 spiro atoms. The van der Waals surface area contributed by atoms with Crippen LogP contribution < -0.4 is 14.2 Å². The summed E-state index contributed by atoms with van der Waals surface area (Å²) >= 11 is 0. The van der Waals surface area contributed by atoms with Crippen LogP contribution in [0.5, 0.6) is 23.0 Å². The van der Waals surface area contributed by atoms with Crippen molar-refractivity contribution in [2.24, 2.45) is 22.9 Å². The maximum atomic E-state index is 14.4. The molecule has 0 bridgehead atoms. The second-order valence-corrected chi connectivity index (χ2v) is 16.8. The van der Waals surface area contributed by atoms with Gasteiger partial charge in [0, 0.05) is 56.4 Å². The van der Waals surface area contributed by atoms with E-state index < -0.39 is 22.7 Å². The minimum absolute atomic E-state index is 0.00993. The van der Waals surface area contributed by atoms with E-state index in [1.807, 2.05) is 42.5 Å². The van der Waals surface area contributed by atoms with Crippen molar-refractivity contribution < 1.29 is 48.5 Å². The van der Waals surface area contributed by atoms with Crippen molar-refractivity contribution in [3.8, 4) is 23.0 Å². The SMILES string of the molecule is C=CCOC12Oc3ccc(Oc4ccc(OC)c(C=O)c4)cc3C3C(CCCCO)C(CCCCO)C=C(C(=NOCc4ccccc4)CC1N(C)C(=O)C=Cc1ccc([N+](=O)[O-])cc1)C32. The minimum atomic E-state index is -1.48. The van der Waals surface area contributed by atoms with Gasteiger partial charge in [-0.3, -0.25) is 19.7 Å². The molecule has 2 aliphatic carbocycles. The number of rotatable bonds is 22. The smallest absolute Gasteiger partial charge is 0.269 e. The molecule has 1 aliphatic heterocycles. The van der Waals surface area contributed by atoms with E-state index in [9.17, 15) is 29.9 Å². The maximum Gasteiger partial charge on any atom is 0.269 e. The van der Waals surface area contributed by atoms with Gasteiger partial charge in [0.2, 0.25) is 11.7 Å². The Morgan fingerprint density at radius 2 is 1.71 bits per heavy atom. The number of nitro benzene ring substituents is 1. The van der Waals surface area contributed by atoms with Crippen LogP contribution in [0.15, 0.2) is 127 Å². The molecule has 0 radical (unpaired) electrons. The summed E-state index contributed by atoms with van der Waals surface area (Å²) in [7, 11) is 3.20. The fourth-order valence-electron chi connectivity index (χ4n) is 9.70. The standard InChI is InChI=1S/C52H57N3O11/c1-4-28-63-52-48(54(2)49(59)25-18-35-16-19-39(20-17-35)55(60)61)32-45(53-64-34-36-12-6-5-7-13-36)43-30-37(14-8-10-26-56)42(15-9-11-27-57)50(51(43)52)44-31-41(22-24-47(44)66-52)65-40-21-23-46(62-3)38(29-40)33-58/h4-7,12-13,16-25,29-31,33,37,42,48,50-51,56-57H,1,8-11,14-15,26-28,32,34H2,2-3H3. The molecule has 14 nitrogen and oxygen atoms in total. The summed E-state index contributed by atoms with van der Waals surface area (Å²) in [6.45, 7) is 4.41. The molecule has 1 amide bonds. The summed E-state index contributed by atoms with van der Waals surface area (Å²) in [6.07, 6.45) is 12.2. The molecular formula is C52H57N3O11. The summed E-state index contributed by atoms with van der Waals surface area (Å²) in [4.78, 5) is 45.0. The zero-order chi connectivity index (χ0) is 46.6. The van der Waals surface area contributed by atoms with Gasteiger partial charge in [0.05, 0.1) is 35.8 Å². The Labute approximate surface area is 384 Å². The molecule has 66 heavy (non-hydrogen) atoms. The number of aliphatic hydroxyl groups excluding tert-OH is 2. The zero-order valence-corrected chi connectivity index (χ0v) is 37.3. The molecule has 7 rings (SSSR count). The fraction of sp³-hybridized carbons (Fsp3) is 0.365. The summed E-state index contributed by atoms with van der Waals surface area (Å²) in [6, 6.07) is 25.6. The second kappa shape index (κ2) is 22.1. The molecule has 4 aromatic carbocycles. The molecule has 346 valence electrons. The lowest BCUT2D eigenvalue weighted by Crippen LogP contribution is -2.69. The molecule has 2 N–H and O–H groups in total. The van der Waals surface area contributed by atoms with E-state index in [1.54, 1.807) is 60.5 Å². The number of fused-ring (bicyclic) bond motifs is 2. The molecular weight excluding hydrogens is 843 g/mol.